The van der Waals surface area contributed by atoms with Gasteiger partial charge in [-0.05, 0) is 24.3 Å². The number of amides is 1. The van der Waals surface area contributed by atoms with E-state index in [1.54, 1.807) is 35.3 Å². The molecular formula is C12H9N5O. The van der Waals surface area contributed by atoms with Gasteiger partial charge in [0.15, 0.2) is 11.3 Å². The Hall–Kier alpha value is -2.76. The number of fused-ring (bicyclic) bond motifs is 1. The van der Waals surface area contributed by atoms with Crippen molar-refractivity contribution in [3.63, 3.8) is 0 Å². The topological polar surface area (TPSA) is 86.7 Å². The molecule has 6 nitrogen and oxygen atoms in total. The van der Waals surface area contributed by atoms with Gasteiger partial charge in [0, 0.05) is 12.4 Å². The molecule has 0 saturated carbocycles. The Labute approximate surface area is 102 Å². The van der Waals surface area contributed by atoms with Crippen LogP contribution in [0.25, 0.3) is 16.9 Å². The quantitative estimate of drug-likeness (QED) is 0.720. The lowest BCUT2D eigenvalue weighted by atomic mass is 10.3. The number of hydrogen-bond acceptors (Lipinski definition) is 4. The zero-order chi connectivity index (χ0) is 12.5. The van der Waals surface area contributed by atoms with E-state index in [4.69, 9.17) is 5.73 Å². The summed E-state index contributed by atoms with van der Waals surface area (Å²) < 4.78 is 1.70. The minimum absolute atomic E-state index is 0.197. The summed E-state index contributed by atoms with van der Waals surface area (Å²) in [5.41, 5.74) is 7.49. The van der Waals surface area contributed by atoms with Crippen molar-refractivity contribution in [2.75, 3.05) is 0 Å². The van der Waals surface area contributed by atoms with Crippen molar-refractivity contribution in [3.05, 3.63) is 48.7 Å². The maximum atomic E-state index is 11.4. The molecule has 0 aliphatic heterocycles. The number of rotatable bonds is 2. The van der Waals surface area contributed by atoms with Gasteiger partial charge in [-0.15, -0.1) is 0 Å². The zero-order valence-corrected chi connectivity index (χ0v) is 9.32. The zero-order valence-electron chi connectivity index (χ0n) is 9.32. The largest absolute Gasteiger partial charge is 0.364 e. The van der Waals surface area contributed by atoms with Crippen molar-refractivity contribution < 1.29 is 4.79 Å². The molecule has 0 spiro atoms. The normalized spacial score (nSPS) is 10.7. The average Bonchev–Trinajstić information content (AvgIpc) is 2.82. The molecule has 0 atom stereocenters. The molecule has 0 fully saturated rings. The fourth-order valence-electron chi connectivity index (χ4n) is 1.81. The van der Waals surface area contributed by atoms with Crippen molar-refractivity contribution in [1.29, 1.82) is 0 Å². The number of imidazole rings is 1. The Balaban J connectivity index is 2.30. The summed E-state index contributed by atoms with van der Waals surface area (Å²) >= 11 is 0. The Morgan fingerprint density at radius 3 is 2.72 bits per heavy atom. The van der Waals surface area contributed by atoms with Gasteiger partial charge in [0.1, 0.15) is 11.8 Å². The molecule has 1 amide bonds. The van der Waals surface area contributed by atoms with Gasteiger partial charge in [-0.3, -0.25) is 9.36 Å². The van der Waals surface area contributed by atoms with Gasteiger partial charge < -0.3 is 5.73 Å². The van der Waals surface area contributed by atoms with Crippen molar-refractivity contribution in [1.82, 2.24) is 19.5 Å². The summed E-state index contributed by atoms with van der Waals surface area (Å²) in [6, 6.07) is 7.14. The van der Waals surface area contributed by atoms with Crippen LogP contribution >= 0.6 is 0 Å². The number of nitrogens with zero attached hydrogens (tertiary/aromatic N) is 4. The first kappa shape index (κ1) is 10.4. The molecule has 0 saturated heterocycles. The molecule has 2 N–H and O–H groups in total. The van der Waals surface area contributed by atoms with E-state index in [0.29, 0.717) is 11.3 Å². The van der Waals surface area contributed by atoms with E-state index >= 15 is 0 Å². The van der Waals surface area contributed by atoms with Crippen LogP contribution in [0.4, 0.5) is 0 Å². The number of pyridine rings is 2. The summed E-state index contributed by atoms with van der Waals surface area (Å²) in [5.74, 6) is -0.580. The summed E-state index contributed by atoms with van der Waals surface area (Å²) in [5, 5.41) is 0. The average molecular weight is 239 g/mol. The molecule has 0 aliphatic rings. The van der Waals surface area contributed by atoms with Crippen molar-refractivity contribution in [3.8, 4) is 5.69 Å². The number of carbonyl (C=O) groups is 1. The molecule has 0 bridgehead atoms. The maximum absolute atomic E-state index is 11.4. The van der Waals surface area contributed by atoms with E-state index < -0.39 is 5.91 Å². The lowest BCUT2D eigenvalue weighted by Crippen LogP contribution is -2.16. The summed E-state index contributed by atoms with van der Waals surface area (Å²) in [7, 11) is 0. The van der Waals surface area contributed by atoms with Crippen LogP contribution in [0.15, 0.2) is 43.0 Å². The second kappa shape index (κ2) is 3.92. The first-order chi connectivity index (χ1) is 8.77. The molecule has 0 aliphatic carbocycles. The van der Waals surface area contributed by atoms with Gasteiger partial charge in [0.05, 0.1) is 5.69 Å². The smallest absolute Gasteiger partial charge is 0.269 e. The second-order valence-corrected chi connectivity index (χ2v) is 3.70. The SMILES string of the molecule is NC(=O)c1ncccc1-n1cnc2cccnc21. The van der Waals surface area contributed by atoms with E-state index in [-0.39, 0.29) is 5.69 Å². The Morgan fingerprint density at radius 2 is 1.89 bits per heavy atom. The number of aromatic nitrogens is 4. The molecular weight excluding hydrogens is 230 g/mol. The highest BCUT2D eigenvalue weighted by molar-refractivity contribution is 5.95. The number of nitrogens with two attached hydrogens (primary N) is 1. The van der Waals surface area contributed by atoms with Crippen LogP contribution in [0, 0.1) is 0 Å². The fraction of sp³-hybridized carbons (Fsp3) is 0. The van der Waals surface area contributed by atoms with E-state index in [2.05, 4.69) is 15.0 Å². The van der Waals surface area contributed by atoms with Crippen LogP contribution in [0.2, 0.25) is 0 Å². The molecule has 6 heteroatoms. The molecule has 3 aromatic rings. The maximum Gasteiger partial charge on any atom is 0.269 e. The third kappa shape index (κ3) is 1.51. The third-order valence-electron chi connectivity index (χ3n) is 2.59. The Morgan fingerprint density at radius 1 is 1.11 bits per heavy atom. The van der Waals surface area contributed by atoms with Crippen LogP contribution in [-0.4, -0.2) is 25.4 Å². The fourth-order valence-corrected chi connectivity index (χ4v) is 1.81. The molecule has 0 aromatic carbocycles. The standard InChI is InChI=1S/C12H9N5O/c13-11(18)10-9(4-2-5-14-10)17-7-16-8-3-1-6-15-12(8)17/h1-7H,(H2,13,18). The summed E-state index contributed by atoms with van der Waals surface area (Å²) in [4.78, 5) is 23.8. The van der Waals surface area contributed by atoms with Crippen LogP contribution in [0.3, 0.4) is 0 Å². The Bertz CT molecular complexity index is 734. The molecule has 0 radical (unpaired) electrons. The second-order valence-electron chi connectivity index (χ2n) is 3.70. The lowest BCUT2D eigenvalue weighted by molar-refractivity contribution is 0.0995. The lowest BCUT2D eigenvalue weighted by Gasteiger charge is -2.06. The summed E-state index contributed by atoms with van der Waals surface area (Å²) in [6.45, 7) is 0. The third-order valence-corrected chi connectivity index (χ3v) is 2.59. The highest BCUT2D eigenvalue weighted by Crippen LogP contribution is 2.17. The summed E-state index contributed by atoms with van der Waals surface area (Å²) in [6.07, 6.45) is 4.79. The number of primary amides is 1. The van der Waals surface area contributed by atoms with E-state index in [0.717, 1.165) is 5.52 Å². The predicted molar refractivity (Wildman–Crippen MR) is 65.2 cm³/mol. The van der Waals surface area contributed by atoms with Crippen LogP contribution in [-0.2, 0) is 0 Å². The molecule has 0 unspecified atom stereocenters. The highest BCUT2D eigenvalue weighted by atomic mass is 16.1. The minimum Gasteiger partial charge on any atom is -0.364 e. The molecule has 3 rings (SSSR count). The van der Waals surface area contributed by atoms with Gasteiger partial charge in [-0.25, -0.2) is 15.0 Å². The first-order valence-corrected chi connectivity index (χ1v) is 5.30. The van der Waals surface area contributed by atoms with Crippen LogP contribution < -0.4 is 5.73 Å². The highest BCUT2D eigenvalue weighted by Gasteiger charge is 2.13. The van der Waals surface area contributed by atoms with Gasteiger partial charge in [-0.2, -0.15) is 0 Å². The van der Waals surface area contributed by atoms with Crippen LogP contribution in [0.1, 0.15) is 10.5 Å². The number of hydrogen-bond donors (Lipinski definition) is 1. The van der Waals surface area contributed by atoms with Crippen molar-refractivity contribution in [2.24, 2.45) is 5.73 Å². The molecule has 3 aromatic heterocycles. The predicted octanol–water partition coefficient (Wildman–Crippen LogP) is 0.914. The molecule has 3 heterocycles. The minimum atomic E-state index is -0.580. The molecule has 18 heavy (non-hydrogen) atoms. The van der Waals surface area contributed by atoms with Gasteiger partial charge in [0.25, 0.3) is 5.91 Å². The first-order valence-electron chi connectivity index (χ1n) is 5.30. The van der Waals surface area contributed by atoms with Gasteiger partial charge in [0.2, 0.25) is 0 Å². The van der Waals surface area contributed by atoms with Gasteiger partial charge in [-0.1, -0.05) is 0 Å². The van der Waals surface area contributed by atoms with Crippen LogP contribution in [0.5, 0.6) is 0 Å². The van der Waals surface area contributed by atoms with Crippen molar-refractivity contribution >= 4 is 17.1 Å². The van der Waals surface area contributed by atoms with E-state index in [1.807, 2.05) is 6.07 Å². The van der Waals surface area contributed by atoms with E-state index in [1.165, 1.54) is 6.20 Å². The Kier molecular flexibility index (Phi) is 2.26. The van der Waals surface area contributed by atoms with Crippen molar-refractivity contribution in [2.45, 2.75) is 0 Å². The van der Waals surface area contributed by atoms with E-state index in [9.17, 15) is 4.79 Å². The molecule has 88 valence electrons. The number of carbonyl (C=O) groups excluding carboxylic acids is 1. The monoisotopic (exact) mass is 239 g/mol. The van der Waals surface area contributed by atoms with Gasteiger partial charge >= 0.3 is 0 Å².